The first-order valence-electron chi connectivity index (χ1n) is 5.55. The molecule has 4 heteroatoms. The highest BCUT2D eigenvalue weighted by molar-refractivity contribution is 9.10. The highest BCUT2D eigenvalue weighted by Crippen LogP contribution is 2.25. The lowest BCUT2D eigenvalue weighted by molar-refractivity contribution is 0.630. The van der Waals surface area contributed by atoms with Crippen LogP contribution in [0.5, 0.6) is 0 Å². The van der Waals surface area contributed by atoms with Crippen LogP contribution in [0.4, 0.5) is 4.39 Å². The minimum atomic E-state index is -0.273. The Morgan fingerprint density at radius 1 is 1.22 bits per heavy atom. The number of hydrogen-bond acceptors (Lipinski definition) is 1. The number of imidazole rings is 1. The van der Waals surface area contributed by atoms with E-state index in [2.05, 4.69) is 20.9 Å². The molecular formula is C14H10BrFN2. The Labute approximate surface area is 112 Å². The van der Waals surface area contributed by atoms with Crippen LogP contribution in [0, 0.1) is 12.7 Å². The number of hydrogen-bond donors (Lipinski definition) is 0. The molecule has 1 aromatic carbocycles. The number of aryl methyl sites for hydroxylation is 1. The van der Waals surface area contributed by atoms with Crippen molar-refractivity contribution in [2.45, 2.75) is 6.92 Å². The number of benzene rings is 1. The van der Waals surface area contributed by atoms with E-state index in [1.165, 1.54) is 6.07 Å². The van der Waals surface area contributed by atoms with Gasteiger partial charge in [0.25, 0.3) is 0 Å². The van der Waals surface area contributed by atoms with Crippen LogP contribution in [-0.4, -0.2) is 9.38 Å². The zero-order chi connectivity index (χ0) is 12.7. The number of rotatable bonds is 1. The predicted octanol–water partition coefficient (Wildman–Crippen LogP) is 4.21. The molecule has 2 aromatic heterocycles. The number of aromatic nitrogens is 2. The Kier molecular flexibility index (Phi) is 2.67. The molecule has 0 saturated carbocycles. The molecule has 2 heterocycles. The fraction of sp³-hybridized carbons (Fsp3) is 0.0714. The molecule has 0 amide bonds. The Balaban J connectivity index is 2.23. The summed E-state index contributed by atoms with van der Waals surface area (Å²) in [5, 5.41) is 0. The van der Waals surface area contributed by atoms with Crippen molar-refractivity contribution in [3.8, 4) is 11.3 Å². The van der Waals surface area contributed by atoms with Gasteiger partial charge in [-0.2, -0.15) is 0 Å². The highest BCUT2D eigenvalue weighted by Gasteiger charge is 2.10. The molecule has 0 N–H and O–H groups in total. The summed E-state index contributed by atoms with van der Waals surface area (Å²) < 4.78 is 16.6. The van der Waals surface area contributed by atoms with E-state index < -0.39 is 0 Å². The third-order valence-electron chi connectivity index (χ3n) is 2.90. The predicted molar refractivity (Wildman–Crippen MR) is 73.0 cm³/mol. The third-order valence-corrected chi connectivity index (χ3v) is 3.40. The van der Waals surface area contributed by atoms with Crippen molar-refractivity contribution < 1.29 is 4.39 Å². The van der Waals surface area contributed by atoms with Crippen LogP contribution in [0.15, 0.2) is 47.1 Å². The van der Waals surface area contributed by atoms with E-state index in [1.54, 1.807) is 6.07 Å². The Hall–Kier alpha value is -1.68. The number of halogens is 2. The van der Waals surface area contributed by atoms with Crippen LogP contribution < -0.4 is 0 Å². The zero-order valence-electron chi connectivity index (χ0n) is 9.69. The van der Waals surface area contributed by atoms with Gasteiger partial charge in [-0.15, -0.1) is 0 Å². The van der Waals surface area contributed by atoms with Gasteiger partial charge in [-0.3, -0.25) is 0 Å². The molecule has 18 heavy (non-hydrogen) atoms. The lowest BCUT2D eigenvalue weighted by atomic mass is 10.1. The van der Waals surface area contributed by atoms with E-state index in [4.69, 9.17) is 0 Å². The largest absolute Gasteiger partial charge is 0.304 e. The second-order valence-corrected chi connectivity index (χ2v) is 5.06. The first-order valence-corrected chi connectivity index (χ1v) is 6.34. The fourth-order valence-corrected chi connectivity index (χ4v) is 2.31. The summed E-state index contributed by atoms with van der Waals surface area (Å²) in [5.74, 6) is -0.273. The van der Waals surface area contributed by atoms with Crippen LogP contribution in [0.2, 0.25) is 0 Å². The van der Waals surface area contributed by atoms with Crippen LogP contribution in [-0.2, 0) is 0 Å². The van der Waals surface area contributed by atoms with Gasteiger partial charge < -0.3 is 4.40 Å². The Morgan fingerprint density at radius 3 is 2.78 bits per heavy atom. The molecule has 0 aliphatic rings. The van der Waals surface area contributed by atoms with Crippen LogP contribution >= 0.6 is 15.9 Å². The normalized spacial score (nSPS) is 11.1. The maximum absolute atomic E-state index is 13.9. The van der Waals surface area contributed by atoms with Gasteiger partial charge in [0.05, 0.1) is 5.69 Å². The molecule has 3 rings (SSSR count). The molecule has 3 aromatic rings. The molecule has 0 unspecified atom stereocenters. The van der Waals surface area contributed by atoms with E-state index in [9.17, 15) is 4.39 Å². The van der Waals surface area contributed by atoms with Crippen LogP contribution in [0.25, 0.3) is 16.9 Å². The summed E-state index contributed by atoms with van der Waals surface area (Å²) >= 11 is 3.25. The van der Waals surface area contributed by atoms with E-state index in [0.717, 1.165) is 15.8 Å². The van der Waals surface area contributed by atoms with Gasteiger partial charge in [-0.1, -0.05) is 22.0 Å². The van der Waals surface area contributed by atoms with Crippen molar-refractivity contribution in [3.05, 3.63) is 58.6 Å². The molecule has 0 atom stereocenters. The SMILES string of the molecule is Cc1cccc2nc(-c3ccc(Br)cc3F)cn12. The van der Waals surface area contributed by atoms with E-state index >= 15 is 0 Å². The topological polar surface area (TPSA) is 17.3 Å². The Bertz CT molecular complexity index is 734. The molecular weight excluding hydrogens is 295 g/mol. The maximum atomic E-state index is 13.9. The van der Waals surface area contributed by atoms with Gasteiger partial charge in [-0.05, 0) is 37.3 Å². The summed E-state index contributed by atoms with van der Waals surface area (Å²) in [6.45, 7) is 2.00. The maximum Gasteiger partial charge on any atom is 0.137 e. The van der Waals surface area contributed by atoms with Gasteiger partial charge in [0.1, 0.15) is 11.5 Å². The third kappa shape index (κ3) is 1.82. The average molecular weight is 305 g/mol. The minimum absolute atomic E-state index is 0.273. The van der Waals surface area contributed by atoms with Crippen LogP contribution in [0.1, 0.15) is 5.69 Å². The van der Waals surface area contributed by atoms with Gasteiger partial charge >= 0.3 is 0 Å². The molecule has 0 spiro atoms. The number of fused-ring (bicyclic) bond motifs is 1. The molecule has 0 aliphatic heterocycles. The standard InChI is InChI=1S/C14H10BrFN2/c1-9-3-2-4-14-17-13(8-18(9)14)11-6-5-10(15)7-12(11)16/h2-8H,1H3. The zero-order valence-corrected chi connectivity index (χ0v) is 11.3. The van der Waals surface area contributed by atoms with Crippen molar-refractivity contribution in [2.24, 2.45) is 0 Å². The molecule has 0 radical (unpaired) electrons. The van der Waals surface area contributed by atoms with Crippen molar-refractivity contribution in [2.75, 3.05) is 0 Å². The summed E-state index contributed by atoms with van der Waals surface area (Å²) in [6.07, 6.45) is 1.86. The molecule has 0 aliphatic carbocycles. The second-order valence-electron chi connectivity index (χ2n) is 4.15. The summed E-state index contributed by atoms with van der Waals surface area (Å²) in [5.41, 5.74) is 3.06. The summed E-state index contributed by atoms with van der Waals surface area (Å²) in [7, 11) is 0. The molecule has 0 fully saturated rings. The first-order chi connectivity index (χ1) is 8.65. The second kappa shape index (κ2) is 4.21. The lowest BCUT2D eigenvalue weighted by Gasteiger charge is -1.99. The van der Waals surface area contributed by atoms with Gasteiger partial charge in [0.2, 0.25) is 0 Å². The smallest absolute Gasteiger partial charge is 0.137 e. The Morgan fingerprint density at radius 2 is 2.06 bits per heavy atom. The lowest BCUT2D eigenvalue weighted by Crippen LogP contribution is -1.86. The van der Waals surface area contributed by atoms with Crippen molar-refractivity contribution in [1.82, 2.24) is 9.38 Å². The van der Waals surface area contributed by atoms with Gasteiger partial charge in [0.15, 0.2) is 0 Å². The summed E-state index contributed by atoms with van der Waals surface area (Å²) in [6, 6.07) is 10.8. The van der Waals surface area contributed by atoms with Crippen molar-refractivity contribution >= 4 is 21.6 Å². The molecule has 0 saturated heterocycles. The number of pyridine rings is 1. The quantitative estimate of drug-likeness (QED) is 0.658. The van der Waals surface area contributed by atoms with Crippen molar-refractivity contribution in [3.63, 3.8) is 0 Å². The van der Waals surface area contributed by atoms with Gasteiger partial charge in [-0.25, -0.2) is 9.37 Å². The minimum Gasteiger partial charge on any atom is -0.304 e. The first kappa shape index (κ1) is 11.4. The summed E-state index contributed by atoms with van der Waals surface area (Å²) in [4.78, 5) is 4.44. The average Bonchev–Trinajstić information content (AvgIpc) is 2.74. The van der Waals surface area contributed by atoms with Crippen LogP contribution in [0.3, 0.4) is 0 Å². The van der Waals surface area contributed by atoms with E-state index in [1.807, 2.05) is 41.8 Å². The fourth-order valence-electron chi connectivity index (χ4n) is 1.98. The monoisotopic (exact) mass is 304 g/mol. The van der Waals surface area contributed by atoms with E-state index in [-0.39, 0.29) is 5.82 Å². The number of nitrogens with zero attached hydrogens (tertiary/aromatic N) is 2. The van der Waals surface area contributed by atoms with E-state index in [0.29, 0.717) is 11.3 Å². The molecule has 2 nitrogen and oxygen atoms in total. The van der Waals surface area contributed by atoms with Crippen molar-refractivity contribution in [1.29, 1.82) is 0 Å². The highest BCUT2D eigenvalue weighted by atomic mass is 79.9. The molecule has 90 valence electrons. The molecule has 0 bridgehead atoms. The van der Waals surface area contributed by atoms with Gasteiger partial charge in [0, 0.05) is 21.9 Å².